The number of nitrogens with zero attached hydrogens (tertiary/aromatic N) is 3. The Bertz CT molecular complexity index is 882. The van der Waals surface area contributed by atoms with Gasteiger partial charge in [0.05, 0.1) is 13.2 Å². The minimum absolute atomic E-state index is 0.0333. The highest BCUT2D eigenvalue weighted by Crippen LogP contribution is 2.30. The van der Waals surface area contributed by atoms with E-state index in [4.69, 9.17) is 0 Å². The normalized spacial score (nSPS) is 17.5. The van der Waals surface area contributed by atoms with Crippen LogP contribution in [0, 0.1) is 5.82 Å². The Morgan fingerprint density at radius 1 is 1.07 bits per heavy atom. The molecule has 2 heterocycles. The van der Waals surface area contributed by atoms with Gasteiger partial charge in [-0.3, -0.25) is 19.4 Å². The molecular formula is C19H18FN3O3S. The third-order valence-electron chi connectivity index (χ3n) is 4.69. The summed E-state index contributed by atoms with van der Waals surface area (Å²) in [6.45, 7) is 0.551. The zero-order valence-electron chi connectivity index (χ0n) is 14.5. The maximum absolute atomic E-state index is 13.5. The van der Waals surface area contributed by atoms with Gasteiger partial charge in [0, 0.05) is 17.5 Å². The Labute approximate surface area is 159 Å². The summed E-state index contributed by atoms with van der Waals surface area (Å²) in [4.78, 5) is 42.1. The van der Waals surface area contributed by atoms with Crippen molar-refractivity contribution in [1.29, 1.82) is 0 Å². The summed E-state index contributed by atoms with van der Waals surface area (Å²) < 4.78 is 13.5. The second-order valence-corrected chi connectivity index (χ2v) is 7.77. The van der Waals surface area contributed by atoms with E-state index in [0.717, 1.165) is 33.1 Å². The molecule has 1 aromatic carbocycles. The largest absolute Gasteiger partial charge is 0.335 e. The van der Waals surface area contributed by atoms with Crippen LogP contribution < -0.4 is 0 Å². The molecule has 1 saturated carbocycles. The fraction of sp³-hybridized carbons (Fsp3) is 0.316. The van der Waals surface area contributed by atoms with Gasteiger partial charge in [-0.05, 0) is 42.0 Å². The van der Waals surface area contributed by atoms with E-state index < -0.39 is 17.8 Å². The summed E-state index contributed by atoms with van der Waals surface area (Å²) in [5.74, 6) is -1.93. The number of imide groups is 2. The Morgan fingerprint density at radius 3 is 2.52 bits per heavy atom. The average molecular weight is 387 g/mol. The van der Waals surface area contributed by atoms with Crippen molar-refractivity contribution < 1.29 is 18.8 Å². The van der Waals surface area contributed by atoms with Crippen LogP contribution in [0.2, 0.25) is 0 Å². The minimum Gasteiger partial charge on any atom is -0.278 e. The molecule has 4 amide bonds. The molecule has 0 radical (unpaired) electrons. The summed E-state index contributed by atoms with van der Waals surface area (Å²) in [6.07, 6.45) is 1.91. The summed E-state index contributed by atoms with van der Waals surface area (Å²) >= 11 is 1.43. The van der Waals surface area contributed by atoms with Crippen LogP contribution in [0.4, 0.5) is 9.18 Å². The summed E-state index contributed by atoms with van der Waals surface area (Å²) in [7, 11) is 0. The van der Waals surface area contributed by atoms with Crippen molar-refractivity contribution in [2.45, 2.75) is 32.0 Å². The van der Waals surface area contributed by atoms with Crippen LogP contribution in [-0.4, -0.2) is 45.3 Å². The Balaban J connectivity index is 1.48. The summed E-state index contributed by atoms with van der Waals surface area (Å²) in [5.41, 5.74) is 0.766. The highest BCUT2D eigenvalue weighted by Gasteiger charge is 2.46. The van der Waals surface area contributed by atoms with Crippen LogP contribution in [0.5, 0.6) is 0 Å². The number of amides is 4. The van der Waals surface area contributed by atoms with Crippen molar-refractivity contribution in [2.75, 3.05) is 6.67 Å². The third kappa shape index (κ3) is 3.77. The number of benzene rings is 1. The molecule has 4 rings (SSSR count). The van der Waals surface area contributed by atoms with E-state index in [1.54, 1.807) is 12.1 Å². The summed E-state index contributed by atoms with van der Waals surface area (Å²) in [5, 5.41) is 1.85. The fourth-order valence-corrected chi connectivity index (χ4v) is 3.85. The lowest BCUT2D eigenvalue weighted by Crippen LogP contribution is -2.43. The quantitative estimate of drug-likeness (QED) is 0.541. The molecule has 2 aliphatic rings. The predicted molar refractivity (Wildman–Crippen MR) is 96.9 cm³/mol. The number of carbonyl (C=O) groups is 3. The van der Waals surface area contributed by atoms with Crippen LogP contribution in [0.15, 0.2) is 41.8 Å². The van der Waals surface area contributed by atoms with Crippen molar-refractivity contribution >= 4 is 29.2 Å². The Hall–Kier alpha value is -2.58. The molecule has 2 aromatic rings. The summed E-state index contributed by atoms with van der Waals surface area (Å²) in [6, 6.07) is 9.54. The van der Waals surface area contributed by atoms with Crippen molar-refractivity contribution in [1.82, 2.24) is 14.7 Å². The van der Waals surface area contributed by atoms with Gasteiger partial charge in [-0.1, -0.05) is 18.2 Å². The molecule has 6 nitrogen and oxygen atoms in total. The molecular weight excluding hydrogens is 369 g/mol. The minimum atomic E-state index is -0.804. The molecule has 1 aliphatic carbocycles. The van der Waals surface area contributed by atoms with Gasteiger partial charge >= 0.3 is 17.8 Å². The Morgan fingerprint density at radius 2 is 1.85 bits per heavy atom. The van der Waals surface area contributed by atoms with Gasteiger partial charge in [0.25, 0.3) is 0 Å². The fourth-order valence-electron chi connectivity index (χ4n) is 3.16. The molecule has 27 heavy (non-hydrogen) atoms. The smallest absolute Gasteiger partial charge is 0.278 e. The molecule has 0 spiro atoms. The number of carbonyl (C=O) groups excluding carboxylic acids is 3. The molecule has 2 fully saturated rings. The number of thiophene rings is 1. The molecule has 1 aliphatic heterocycles. The zero-order valence-corrected chi connectivity index (χ0v) is 15.3. The number of hydrogen-bond donors (Lipinski definition) is 0. The van der Waals surface area contributed by atoms with Crippen molar-refractivity contribution in [3.63, 3.8) is 0 Å². The molecule has 0 atom stereocenters. The molecule has 1 aromatic heterocycles. The Kier molecular flexibility index (Phi) is 4.75. The maximum Gasteiger partial charge on any atom is 0.335 e. The average Bonchev–Trinajstić information content (AvgIpc) is 3.33. The number of urea groups is 1. The molecule has 0 N–H and O–H groups in total. The molecule has 0 bridgehead atoms. The van der Waals surface area contributed by atoms with E-state index in [2.05, 4.69) is 0 Å². The van der Waals surface area contributed by atoms with Gasteiger partial charge in [0.1, 0.15) is 5.82 Å². The maximum atomic E-state index is 13.5. The number of hydrogen-bond acceptors (Lipinski definition) is 5. The van der Waals surface area contributed by atoms with Gasteiger partial charge in [0.15, 0.2) is 0 Å². The molecule has 1 saturated heterocycles. The first-order chi connectivity index (χ1) is 13.0. The molecule has 8 heteroatoms. The first-order valence-electron chi connectivity index (χ1n) is 8.71. The van der Waals surface area contributed by atoms with Gasteiger partial charge < -0.3 is 0 Å². The highest BCUT2D eigenvalue weighted by molar-refractivity contribution is 7.09. The third-order valence-corrected chi connectivity index (χ3v) is 5.55. The second kappa shape index (κ2) is 7.21. The SMILES string of the molecule is O=C1C(=O)N(CN(Cc2cccc(F)c2)C2CC2)C(=O)N1Cc1cccs1. The predicted octanol–water partition coefficient (Wildman–Crippen LogP) is 2.80. The molecule has 140 valence electrons. The highest BCUT2D eigenvalue weighted by atomic mass is 32.1. The first kappa shape index (κ1) is 17.8. The standard InChI is InChI=1S/C19H18FN3O3S/c20-14-4-1-3-13(9-14)10-21(15-6-7-15)12-23-18(25)17(24)22(19(23)26)11-16-5-2-8-27-16/h1-5,8-9,15H,6-7,10-12H2. The topological polar surface area (TPSA) is 60.9 Å². The second-order valence-electron chi connectivity index (χ2n) is 6.74. The van der Waals surface area contributed by atoms with Gasteiger partial charge in [0.2, 0.25) is 0 Å². The van der Waals surface area contributed by atoms with E-state index >= 15 is 0 Å². The van der Waals surface area contributed by atoms with Gasteiger partial charge in [-0.15, -0.1) is 11.3 Å². The van der Waals surface area contributed by atoms with E-state index in [1.165, 1.54) is 23.5 Å². The van der Waals surface area contributed by atoms with Crippen molar-refractivity contribution in [3.8, 4) is 0 Å². The van der Waals surface area contributed by atoms with Crippen LogP contribution in [0.25, 0.3) is 0 Å². The monoisotopic (exact) mass is 387 g/mol. The van der Waals surface area contributed by atoms with E-state index in [0.29, 0.717) is 6.54 Å². The number of rotatable bonds is 7. The van der Waals surface area contributed by atoms with Crippen molar-refractivity contribution in [2.24, 2.45) is 0 Å². The zero-order chi connectivity index (χ0) is 19.0. The first-order valence-corrected chi connectivity index (χ1v) is 9.59. The van der Waals surface area contributed by atoms with Crippen LogP contribution in [0.1, 0.15) is 23.3 Å². The van der Waals surface area contributed by atoms with Crippen LogP contribution in [-0.2, 0) is 22.7 Å². The molecule has 0 unspecified atom stereocenters. The number of halogens is 1. The lowest BCUT2D eigenvalue weighted by atomic mass is 10.2. The van der Waals surface area contributed by atoms with Crippen LogP contribution in [0.3, 0.4) is 0 Å². The van der Waals surface area contributed by atoms with Gasteiger partial charge in [-0.25, -0.2) is 14.1 Å². The lowest BCUT2D eigenvalue weighted by Gasteiger charge is -2.26. The van der Waals surface area contributed by atoms with E-state index in [1.807, 2.05) is 22.4 Å². The lowest BCUT2D eigenvalue weighted by molar-refractivity contribution is -0.144. The van der Waals surface area contributed by atoms with Crippen LogP contribution >= 0.6 is 11.3 Å². The van der Waals surface area contributed by atoms with Crippen molar-refractivity contribution in [3.05, 3.63) is 58.0 Å². The van der Waals surface area contributed by atoms with E-state index in [-0.39, 0.29) is 25.1 Å². The van der Waals surface area contributed by atoms with E-state index in [9.17, 15) is 18.8 Å². The van der Waals surface area contributed by atoms with Gasteiger partial charge in [-0.2, -0.15) is 0 Å².